The summed E-state index contributed by atoms with van der Waals surface area (Å²) in [6.07, 6.45) is 5.41. The topological polar surface area (TPSA) is 38.0 Å². The van der Waals surface area contributed by atoms with Crippen molar-refractivity contribution >= 4 is 11.8 Å². The van der Waals surface area contributed by atoms with E-state index in [1.807, 2.05) is 11.8 Å². The van der Waals surface area contributed by atoms with Crippen LogP contribution in [-0.4, -0.2) is 30.1 Å². The van der Waals surface area contributed by atoms with Crippen LogP contribution in [0.15, 0.2) is 0 Å². The number of rotatable bonds is 6. The molecule has 0 aliphatic heterocycles. The van der Waals surface area contributed by atoms with E-state index in [0.717, 1.165) is 24.3 Å². The lowest BCUT2D eigenvalue weighted by Crippen LogP contribution is -2.42. The van der Waals surface area contributed by atoms with Crippen molar-refractivity contribution < 1.29 is 0 Å². The van der Waals surface area contributed by atoms with E-state index in [1.165, 1.54) is 31.4 Å². The predicted molar refractivity (Wildman–Crippen MR) is 70.4 cm³/mol. The first-order chi connectivity index (χ1) is 7.24. The van der Waals surface area contributed by atoms with E-state index < -0.39 is 0 Å². The van der Waals surface area contributed by atoms with Gasteiger partial charge in [-0.3, -0.25) is 0 Å². The number of hydrogen-bond acceptors (Lipinski definition) is 3. The van der Waals surface area contributed by atoms with Crippen LogP contribution in [0.4, 0.5) is 0 Å². The molecule has 0 bridgehead atoms. The maximum atomic E-state index is 5.80. The van der Waals surface area contributed by atoms with Crippen LogP contribution in [-0.2, 0) is 0 Å². The van der Waals surface area contributed by atoms with Gasteiger partial charge in [-0.15, -0.1) is 0 Å². The first kappa shape index (κ1) is 13.3. The van der Waals surface area contributed by atoms with Crippen LogP contribution < -0.4 is 11.1 Å². The molecule has 1 aliphatic carbocycles. The molecule has 3 heteroatoms. The maximum absolute atomic E-state index is 5.80. The molecule has 0 aromatic rings. The predicted octanol–water partition coefficient (Wildman–Crippen LogP) is 2.24. The summed E-state index contributed by atoms with van der Waals surface area (Å²) in [5.74, 6) is 1.95. The first-order valence-corrected chi connectivity index (χ1v) is 7.34. The molecule has 1 saturated carbocycles. The Bertz CT molecular complexity index is 162. The Labute approximate surface area is 98.8 Å². The summed E-state index contributed by atoms with van der Waals surface area (Å²) in [5.41, 5.74) is 5.80. The van der Waals surface area contributed by atoms with Crippen molar-refractivity contribution in [2.45, 2.75) is 50.8 Å². The smallest absolute Gasteiger partial charge is 0.0108 e. The Morgan fingerprint density at radius 1 is 1.33 bits per heavy atom. The second-order valence-corrected chi connectivity index (χ2v) is 6.44. The minimum Gasteiger partial charge on any atom is -0.330 e. The monoisotopic (exact) mass is 230 g/mol. The van der Waals surface area contributed by atoms with Gasteiger partial charge in [0.25, 0.3) is 0 Å². The van der Waals surface area contributed by atoms with Gasteiger partial charge in [-0.2, -0.15) is 11.8 Å². The molecule has 0 radical (unpaired) electrons. The molecule has 0 aromatic carbocycles. The lowest BCUT2D eigenvalue weighted by Gasteiger charge is -2.31. The van der Waals surface area contributed by atoms with Crippen LogP contribution in [0.1, 0.15) is 39.5 Å². The molecule has 0 amide bonds. The van der Waals surface area contributed by atoms with Crippen molar-refractivity contribution in [3.05, 3.63) is 0 Å². The second kappa shape index (κ2) is 7.53. The zero-order valence-corrected chi connectivity index (χ0v) is 11.0. The standard InChI is InChI=1S/C12H26N2S/c1-10(2)15-8-7-14-12-6-4-3-5-11(12)9-13/h10-12,14H,3-9,13H2,1-2H3. The van der Waals surface area contributed by atoms with Crippen molar-refractivity contribution in [1.82, 2.24) is 5.32 Å². The van der Waals surface area contributed by atoms with E-state index in [-0.39, 0.29) is 0 Å². The summed E-state index contributed by atoms with van der Waals surface area (Å²) < 4.78 is 0. The Kier molecular flexibility index (Phi) is 6.69. The number of thioether (sulfide) groups is 1. The molecular weight excluding hydrogens is 204 g/mol. The highest BCUT2D eigenvalue weighted by Crippen LogP contribution is 2.23. The highest BCUT2D eigenvalue weighted by Gasteiger charge is 2.22. The van der Waals surface area contributed by atoms with E-state index in [0.29, 0.717) is 6.04 Å². The van der Waals surface area contributed by atoms with Gasteiger partial charge in [0, 0.05) is 18.3 Å². The molecule has 1 rings (SSSR count). The molecule has 0 saturated heterocycles. The number of hydrogen-bond donors (Lipinski definition) is 2. The SMILES string of the molecule is CC(C)SCCNC1CCCCC1CN. The highest BCUT2D eigenvalue weighted by atomic mass is 32.2. The number of nitrogens with one attached hydrogen (secondary N) is 1. The average Bonchev–Trinajstić information content (AvgIpc) is 2.24. The fourth-order valence-electron chi connectivity index (χ4n) is 2.30. The van der Waals surface area contributed by atoms with Gasteiger partial charge in [-0.25, -0.2) is 0 Å². The summed E-state index contributed by atoms with van der Waals surface area (Å²) in [6.45, 7) is 6.51. The fraction of sp³-hybridized carbons (Fsp3) is 1.00. The summed E-state index contributed by atoms with van der Waals surface area (Å²) >= 11 is 2.03. The van der Waals surface area contributed by atoms with Crippen molar-refractivity contribution in [3.63, 3.8) is 0 Å². The third kappa shape index (κ3) is 5.23. The van der Waals surface area contributed by atoms with Gasteiger partial charge < -0.3 is 11.1 Å². The summed E-state index contributed by atoms with van der Waals surface area (Å²) in [4.78, 5) is 0. The van der Waals surface area contributed by atoms with E-state index in [9.17, 15) is 0 Å². The minimum absolute atomic E-state index is 0.691. The molecule has 2 atom stereocenters. The number of nitrogens with two attached hydrogens (primary N) is 1. The van der Waals surface area contributed by atoms with E-state index in [1.54, 1.807) is 0 Å². The highest BCUT2D eigenvalue weighted by molar-refractivity contribution is 7.99. The zero-order chi connectivity index (χ0) is 11.1. The molecule has 0 aromatic heterocycles. The first-order valence-electron chi connectivity index (χ1n) is 6.29. The lowest BCUT2D eigenvalue weighted by molar-refractivity contribution is 0.272. The van der Waals surface area contributed by atoms with Gasteiger partial charge in [0.1, 0.15) is 0 Å². The third-order valence-corrected chi connectivity index (χ3v) is 4.28. The van der Waals surface area contributed by atoms with Crippen LogP contribution in [0, 0.1) is 5.92 Å². The van der Waals surface area contributed by atoms with Gasteiger partial charge in [-0.05, 0) is 30.6 Å². The van der Waals surface area contributed by atoms with Gasteiger partial charge in [-0.1, -0.05) is 26.7 Å². The Morgan fingerprint density at radius 2 is 2.07 bits per heavy atom. The Morgan fingerprint density at radius 3 is 2.73 bits per heavy atom. The molecule has 0 spiro atoms. The molecule has 1 fully saturated rings. The summed E-state index contributed by atoms with van der Waals surface area (Å²) in [7, 11) is 0. The molecule has 3 N–H and O–H groups in total. The van der Waals surface area contributed by atoms with Crippen molar-refractivity contribution in [2.24, 2.45) is 11.7 Å². The van der Waals surface area contributed by atoms with Crippen LogP contribution in [0.25, 0.3) is 0 Å². The fourth-order valence-corrected chi connectivity index (χ4v) is 3.00. The van der Waals surface area contributed by atoms with E-state index in [2.05, 4.69) is 19.2 Å². The van der Waals surface area contributed by atoms with Crippen LogP contribution in [0.2, 0.25) is 0 Å². The molecule has 2 unspecified atom stereocenters. The van der Waals surface area contributed by atoms with E-state index >= 15 is 0 Å². The van der Waals surface area contributed by atoms with Crippen molar-refractivity contribution in [2.75, 3.05) is 18.8 Å². The quantitative estimate of drug-likeness (QED) is 0.687. The molecule has 2 nitrogen and oxygen atoms in total. The van der Waals surface area contributed by atoms with Crippen molar-refractivity contribution in [3.8, 4) is 0 Å². The normalized spacial score (nSPS) is 27.2. The Hall–Kier alpha value is 0.270. The zero-order valence-electron chi connectivity index (χ0n) is 10.2. The lowest BCUT2D eigenvalue weighted by atomic mass is 9.84. The summed E-state index contributed by atoms with van der Waals surface area (Å²) in [6, 6.07) is 0.691. The second-order valence-electron chi connectivity index (χ2n) is 4.76. The van der Waals surface area contributed by atoms with E-state index in [4.69, 9.17) is 5.73 Å². The molecule has 1 aliphatic rings. The largest absolute Gasteiger partial charge is 0.330 e. The van der Waals surface area contributed by atoms with Gasteiger partial charge >= 0.3 is 0 Å². The minimum atomic E-state index is 0.691. The molecular formula is C12H26N2S. The molecule has 90 valence electrons. The van der Waals surface area contributed by atoms with Crippen LogP contribution in [0.3, 0.4) is 0 Å². The van der Waals surface area contributed by atoms with Crippen molar-refractivity contribution in [1.29, 1.82) is 0 Å². The van der Waals surface area contributed by atoms with Gasteiger partial charge in [0.05, 0.1) is 0 Å². The third-order valence-electron chi connectivity index (χ3n) is 3.17. The van der Waals surface area contributed by atoms with Gasteiger partial charge in [0.2, 0.25) is 0 Å². The maximum Gasteiger partial charge on any atom is 0.0108 e. The molecule has 15 heavy (non-hydrogen) atoms. The van der Waals surface area contributed by atoms with Gasteiger partial charge in [0.15, 0.2) is 0 Å². The van der Waals surface area contributed by atoms with Crippen LogP contribution >= 0.6 is 11.8 Å². The van der Waals surface area contributed by atoms with Crippen LogP contribution in [0.5, 0.6) is 0 Å². The summed E-state index contributed by atoms with van der Waals surface area (Å²) in [5, 5.41) is 4.43. The average molecular weight is 230 g/mol. The Balaban J connectivity index is 2.12. The molecule has 0 heterocycles.